The monoisotopic (exact) mass is 513 g/mol. The van der Waals surface area contributed by atoms with Crippen LogP contribution in [-0.4, -0.2) is 45.5 Å². The van der Waals surface area contributed by atoms with Crippen molar-refractivity contribution in [3.63, 3.8) is 0 Å². The highest BCUT2D eigenvalue weighted by atomic mass is 16.1. The molecule has 3 aromatic carbocycles. The first-order chi connectivity index (χ1) is 19.1. The van der Waals surface area contributed by atoms with Crippen molar-refractivity contribution in [1.29, 1.82) is 0 Å². The van der Waals surface area contributed by atoms with Crippen molar-refractivity contribution in [1.82, 2.24) is 14.5 Å². The Bertz CT molecular complexity index is 1590. The maximum absolute atomic E-state index is 12.5. The van der Waals surface area contributed by atoms with E-state index in [4.69, 9.17) is 9.98 Å². The minimum atomic E-state index is -0.0736. The molecule has 6 heteroatoms. The fraction of sp³-hybridized carbons (Fsp3) is 0.273. The number of nitrogens with zero attached hydrogens (tertiary/aromatic N) is 5. The van der Waals surface area contributed by atoms with Gasteiger partial charge in [-0.3, -0.25) is 4.90 Å². The van der Waals surface area contributed by atoms with Gasteiger partial charge in [0.25, 0.3) is 0 Å². The van der Waals surface area contributed by atoms with E-state index < -0.39 is 0 Å². The van der Waals surface area contributed by atoms with Crippen LogP contribution < -0.4 is 4.90 Å². The molecule has 0 unspecified atom stereocenters. The van der Waals surface area contributed by atoms with Crippen LogP contribution in [-0.2, 0) is 17.8 Å². The van der Waals surface area contributed by atoms with Crippen molar-refractivity contribution in [2.45, 2.75) is 44.2 Å². The van der Waals surface area contributed by atoms with Gasteiger partial charge in [-0.05, 0) is 35.1 Å². The van der Waals surface area contributed by atoms with Gasteiger partial charge >= 0.3 is 0 Å². The number of aliphatic imine (C=N–C) groups is 1. The zero-order chi connectivity index (χ0) is 26.4. The summed E-state index contributed by atoms with van der Waals surface area (Å²) in [7, 11) is 1.94. The van der Waals surface area contributed by atoms with E-state index in [-0.39, 0.29) is 5.54 Å². The van der Waals surface area contributed by atoms with Gasteiger partial charge in [-0.25, -0.2) is 14.8 Å². The minimum absolute atomic E-state index is 0.0736. The van der Waals surface area contributed by atoms with Gasteiger partial charge in [0.1, 0.15) is 11.5 Å². The summed E-state index contributed by atoms with van der Waals surface area (Å²) >= 11 is 0. The van der Waals surface area contributed by atoms with Crippen LogP contribution in [0.5, 0.6) is 0 Å². The number of guanidine groups is 1. The summed E-state index contributed by atoms with van der Waals surface area (Å²) in [6.45, 7) is 1.45. The number of fused-ring (bicyclic) bond motifs is 3. The van der Waals surface area contributed by atoms with Crippen LogP contribution in [0.25, 0.3) is 16.8 Å². The van der Waals surface area contributed by atoms with Crippen molar-refractivity contribution in [2.24, 2.45) is 4.99 Å². The normalized spacial score (nSPS) is 17.3. The summed E-state index contributed by atoms with van der Waals surface area (Å²) in [5.41, 5.74) is 6.01. The molecular weight excluding hydrogens is 482 g/mol. The predicted octanol–water partition coefficient (Wildman–Crippen LogP) is 5.80. The Morgan fingerprint density at radius 2 is 1.51 bits per heavy atom. The Balaban J connectivity index is 1.31. The number of anilines is 1. The van der Waals surface area contributed by atoms with E-state index in [0.29, 0.717) is 18.7 Å². The standard InChI is InChI=1S/C33H31N5O/c1-36-28(22-39)30-31(38-23-33(35-32(36)38)18-8-9-19-33)34-29(37(30)21-25-10-4-2-5-11-25)20-24-14-16-27(17-15-24)26-12-6-3-7-13-26/h2-7,10-17H,8-9,18-21,23H2,1H3. The minimum Gasteiger partial charge on any atom is -0.320 e. The van der Waals surface area contributed by atoms with Crippen molar-refractivity contribution in [2.75, 3.05) is 18.5 Å². The number of carbonyl (C=O) groups excluding carboxylic acids is 1. The molecule has 194 valence electrons. The second kappa shape index (κ2) is 9.40. The lowest BCUT2D eigenvalue weighted by atomic mass is 9.99. The molecule has 0 amide bonds. The molecular formula is C33H31N5O. The highest BCUT2D eigenvalue weighted by molar-refractivity contribution is 6.11. The van der Waals surface area contributed by atoms with Crippen LogP contribution in [0.15, 0.2) is 89.9 Å². The molecule has 3 heterocycles. The van der Waals surface area contributed by atoms with Crippen molar-refractivity contribution >= 4 is 23.4 Å². The number of benzene rings is 3. The van der Waals surface area contributed by atoms with Gasteiger partial charge in [-0.2, -0.15) is 0 Å². The number of hydrogen-bond donors (Lipinski definition) is 0. The molecule has 0 radical (unpaired) electrons. The van der Waals surface area contributed by atoms with Crippen molar-refractivity contribution in [3.05, 3.63) is 108 Å². The smallest absolute Gasteiger partial charge is 0.208 e. The van der Waals surface area contributed by atoms with Crippen LogP contribution in [0.4, 0.5) is 5.82 Å². The fourth-order valence-corrected chi connectivity index (χ4v) is 6.38. The fourth-order valence-electron chi connectivity index (χ4n) is 6.38. The van der Waals surface area contributed by atoms with Gasteiger partial charge in [0.2, 0.25) is 5.96 Å². The van der Waals surface area contributed by atoms with E-state index in [0.717, 1.165) is 42.7 Å². The Kier molecular flexibility index (Phi) is 5.71. The lowest BCUT2D eigenvalue weighted by Gasteiger charge is -2.33. The Labute approximate surface area is 228 Å². The summed E-state index contributed by atoms with van der Waals surface area (Å²) in [6.07, 6.45) is 5.23. The largest absolute Gasteiger partial charge is 0.320 e. The average Bonchev–Trinajstić information content (AvgIpc) is 3.69. The molecule has 2 aliphatic heterocycles. The summed E-state index contributed by atoms with van der Waals surface area (Å²) in [5, 5.41) is 0. The summed E-state index contributed by atoms with van der Waals surface area (Å²) < 4.78 is 2.21. The first kappa shape index (κ1) is 23.7. The summed E-state index contributed by atoms with van der Waals surface area (Å²) in [6, 6.07) is 29.5. The van der Waals surface area contributed by atoms with Crippen LogP contribution in [0, 0.1) is 0 Å². The molecule has 1 aliphatic carbocycles. The molecule has 1 saturated carbocycles. The third kappa shape index (κ3) is 4.08. The van der Waals surface area contributed by atoms with Crippen LogP contribution in [0.3, 0.4) is 0 Å². The van der Waals surface area contributed by atoms with Gasteiger partial charge in [0.05, 0.1) is 12.1 Å². The zero-order valence-electron chi connectivity index (χ0n) is 22.2. The van der Waals surface area contributed by atoms with Crippen LogP contribution in [0.2, 0.25) is 0 Å². The van der Waals surface area contributed by atoms with E-state index in [9.17, 15) is 4.79 Å². The highest BCUT2D eigenvalue weighted by Crippen LogP contribution is 2.44. The molecule has 6 nitrogen and oxygen atoms in total. The molecule has 0 atom stereocenters. The van der Waals surface area contributed by atoms with Gasteiger partial charge in [0, 0.05) is 20.0 Å². The first-order valence-electron chi connectivity index (χ1n) is 13.8. The number of rotatable bonds is 5. The Hall–Kier alpha value is -4.41. The van der Waals surface area contributed by atoms with Gasteiger partial charge in [-0.1, -0.05) is 97.8 Å². The number of imidazole rings is 1. The Morgan fingerprint density at radius 1 is 0.846 bits per heavy atom. The zero-order valence-corrected chi connectivity index (χ0v) is 22.2. The molecule has 4 aromatic rings. The first-order valence-corrected chi connectivity index (χ1v) is 13.8. The molecule has 0 N–H and O–H groups in total. The quantitative estimate of drug-likeness (QED) is 0.317. The molecule has 0 saturated heterocycles. The number of aromatic nitrogens is 2. The van der Waals surface area contributed by atoms with Gasteiger partial charge in [-0.15, -0.1) is 0 Å². The predicted molar refractivity (Wildman–Crippen MR) is 155 cm³/mol. The second-order valence-electron chi connectivity index (χ2n) is 11.0. The topological polar surface area (TPSA) is 53.7 Å². The maximum atomic E-state index is 12.5. The lowest BCUT2D eigenvalue weighted by molar-refractivity contribution is 0.477. The molecule has 1 spiro atoms. The molecule has 7 rings (SSSR count). The molecule has 3 aliphatic rings. The van der Waals surface area contributed by atoms with Crippen molar-refractivity contribution < 1.29 is 4.79 Å². The van der Waals surface area contributed by atoms with E-state index in [2.05, 4.69) is 88.2 Å². The second-order valence-corrected chi connectivity index (χ2v) is 11.0. The lowest BCUT2D eigenvalue weighted by Crippen LogP contribution is -2.45. The van der Waals surface area contributed by atoms with E-state index in [1.54, 1.807) is 0 Å². The van der Waals surface area contributed by atoms with E-state index >= 15 is 0 Å². The number of hydrogen-bond acceptors (Lipinski definition) is 5. The van der Waals surface area contributed by atoms with Crippen LogP contribution >= 0.6 is 0 Å². The summed E-state index contributed by atoms with van der Waals surface area (Å²) in [5.74, 6) is 4.85. The van der Waals surface area contributed by atoms with Gasteiger partial charge < -0.3 is 9.47 Å². The maximum Gasteiger partial charge on any atom is 0.208 e. The molecule has 1 aromatic heterocycles. The molecule has 39 heavy (non-hydrogen) atoms. The molecule has 1 fully saturated rings. The molecule has 0 bridgehead atoms. The van der Waals surface area contributed by atoms with E-state index in [1.165, 1.54) is 35.1 Å². The third-order valence-corrected chi connectivity index (χ3v) is 8.41. The highest BCUT2D eigenvalue weighted by Gasteiger charge is 2.48. The average molecular weight is 514 g/mol. The Morgan fingerprint density at radius 3 is 2.21 bits per heavy atom. The SMILES string of the molecule is CN1C(=C=O)c2c(nc(Cc3ccc(-c4ccccc4)cc3)n2Cc2ccccc2)N2CC3(CCCC3)N=C12. The summed E-state index contributed by atoms with van der Waals surface area (Å²) in [4.78, 5) is 27.0. The van der Waals surface area contributed by atoms with Crippen LogP contribution in [0.1, 0.15) is 48.3 Å². The van der Waals surface area contributed by atoms with Gasteiger partial charge in [0.15, 0.2) is 17.5 Å². The van der Waals surface area contributed by atoms with E-state index in [1.807, 2.05) is 24.1 Å². The third-order valence-electron chi connectivity index (χ3n) is 8.41. The van der Waals surface area contributed by atoms with Crippen molar-refractivity contribution in [3.8, 4) is 11.1 Å².